The van der Waals surface area contributed by atoms with Gasteiger partial charge in [-0.2, -0.15) is 0 Å². The van der Waals surface area contributed by atoms with Gasteiger partial charge in [0.2, 0.25) is 0 Å². The van der Waals surface area contributed by atoms with Gasteiger partial charge in [0, 0.05) is 6.04 Å². The van der Waals surface area contributed by atoms with Crippen LogP contribution >= 0.6 is 0 Å². The molecule has 0 amide bonds. The van der Waals surface area contributed by atoms with E-state index in [0.29, 0.717) is 6.04 Å². The van der Waals surface area contributed by atoms with Crippen molar-refractivity contribution in [2.75, 3.05) is 0 Å². The van der Waals surface area contributed by atoms with E-state index in [0.717, 1.165) is 19.3 Å². The van der Waals surface area contributed by atoms with Crippen molar-refractivity contribution in [2.24, 2.45) is 5.73 Å². The van der Waals surface area contributed by atoms with Gasteiger partial charge >= 0.3 is 0 Å². The van der Waals surface area contributed by atoms with Crippen LogP contribution in [0.5, 0.6) is 0 Å². The fraction of sp³-hybridized carbons (Fsp3) is 0.500. The van der Waals surface area contributed by atoms with E-state index in [2.05, 4.69) is 24.8 Å². The molecule has 0 aliphatic carbocycles. The molecule has 13 heavy (non-hydrogen) atoms. The van der Waals surface area contributed by atoms with Gasteiger partial charge in [0.05, 0.1) is 0 Å². The van der Waals surface area contributed by atoms with E-state index in [9.17, 15) is 0 Å². The molecule has 2 N–H and O–H groups in total. The minimum atomic E-state index is 0.327. The molecular formula is C12H21N. The molecule has 0 spiro atoms. The molecule has 0 aromatic rings. The highest BCUT2D eigenvalue weighted by atomic mass is 14.6. The molecule has 74 valence electrons. The van der Waals surface area contributed by atoms with Crippen molar-refractivity contribution in [3.8, 4) is 0 Å². The maximum atomic E-state index is 5.88. The summed E-state index contributed by atoms with van der Waals surface area (Å²) in [5.74, 6) is 0. The molecule has 1 nitrogen and oxygen atoms in total. The average molecular weight is 179 g/mol. The first kappa shape index (κ1) is 12.2. The first-order valence-electron chi connectivity index (χ1n) is 4.95. The lowest BCUT2D eigenvalue weighted by Crippen LogP contribution is -2.18. The predicted molar refractivity (Wildman–Crippen MR) is 60.6 cm³/mol. The van der Waals surface area contributed by atoms with Gasteiger partial charge in [-0.25, -0.2) is 0 Å². The Hall–Kier alpha value is -0.820. The maximum absolute atomic E-state index is 5.88. The summed E-state index contributed by atoms with van der Waals surface area (Å²) in [6, 6.07) is 0.327. The van der Waals surface area contributed by atoms with Crippen molar-refractivity contribution in [2.45, 2.75) is 38.6 Å². The van der Waals surface area contributed by atoms with Crippen LogP contribution in [0.3, 0.4) is 0 Å². The molecule has 0 fully saturated rings. The van der Waals surface area contributed by atoms with Crippen LogP contribution in [0.25, 0.3) is 0 Å². The largest absolute Gasteiger partial charge is 0.327 e. The Labute approximate surface area is 82.0 Å². The topological polar surface area (TPSA) is 26.0 Å². The van der Waals surface area contributed by atoms with Gasteiger partial charge in [-0.1, -0.05) is 37.0 Å². The second-order valence-corrected chi connectivity index (χ2v) is 3.16. The first-order valence-corrected chi connectivity index (χ1v) is 4.95. The Balaban J connectivity index is 3.30. The lowest BCUT2D eigenvalue weighted by molar-refractivity contribution is 0.593. The maximum Gasteiger partial charge on any atom is 0.00735 e. The summed E-state index contributed by atoms with van der Waals surface area (Å²) >= 11 is 0. The van der Waals surface area contributed by atoms with Crippen LogP contribution in [-0.4, -0.2) is 6.04 Å². The molecule has 0 saturated heterocycles. The molecule has 0 rings (SSSR count). The summed E-state index contributed by atoms with van der Waals surface area (Å²) in [4.78, 5) is 0. The second kappa shape index (κ2) is 9.27. The molecule has 0 heterocycles. The van der Waals surface area contributed by atoms with E-state index >= 15 is 0 Å². The van der Waals surface area contributed by atoms with E-state index < -0.39 is 0 Å². The molecule has 1 atom stereocenters. The molecule has 0 saturated carbocycles. The van der Waals surface area contributed by atoms with Crippen LogP contribution in [0.2, 0.25) is 0 Å². The van der Waals surface area contributed by atoms with Crippen molar-refractivity contribution in [1.29, 1.82) is 0 Å². The third kappa shape index (κ3) is 9.09. The minimum absolute atomic E-state index is 0.327. The van der Waals surface area contributed by atoms with E-state index in [1.165, 1.54) is 6.42 Å². The lowest BCUT2D eigenvalue weighted by Gasteiger charge is -2.06. The molecule has 0 aliphatic rings. The summed E-state index contributed by atoms with van der Waals surface area (Å²) < 4.78 is 0. The number of rotatable bonds is 7. The number of unbranched alkanes of at least 4 members (excludes halogenated alkanes) is 1. The number of hydrogen-bond donors (Lipinski definition) is 1. The molecule has 0 aromatic carbocycles. The zero-order chi connectivity index (χ0) is 9.94. The monoisotopic (exact) mass is 179 g/mol. The SMILES string of the molecule is C=C/C=C/CCCC(N)C/C=C\C. The highest BCUT2D eigenvalue weighted by molar-refractivity contribution is 4.96. The molecule has 1 heteroatoms. The van der Waals surface area contributed by atoms with Crippen LogP contribution in [-0.2, 0) is 0 Å². The Morgan fingerprint density at radius 3 is 2.77 bits per heavy atom. The van der Waals surface area contributed by atoms with Crippen molar-refractivity contribution in [1.82, 2.24) is 0 Å². The Morgan fingerprint density at radius 1 is 1.38 bits per heavy atom. The fourth-order valence-electron chi connectivity index (χ4n) is 1.12. The Bertz CT molecular complexity index is 168. The Morgan fingerprint density at radius 2 is 2.15 bits per heavy atom. The van der Waals surface area contributed by atoms with Crippen molar-refractivity contribution in [3.05, 3.63) is 37.0 Å². The van der Waals surface area contributed by atoms with Gasteiger partial charge in [0.25, 0.3) is 0 Å². The molecule has 0 radical (unpaired) electrons. The van der Waals surface area contributed by atoms with Crippen LogP contribution in [0.4, 0.5) is 0 Å². The van der Waals surface area contributed by atoms with E-state index in [4.69, 9.17) is 5.73 Å². The van der Waals surface area contributed by atoms with Gasteiger partial charge in [-0.15, -0.1) is 0 Å². The third-order valence-electron chi connectivity index (χ3n) is 1.89. The van der Waals surface area contributed by atoms with Gasteiger partial charge in [0.15, 0.2) is 0 Å². The van der Waals surface area contributed by atoms with Crippen LogP contribution in [0, 0.1) is 0 Å². The summed E-state index contributed by atoms with van der Waals surface area (Å²) in [5, 5.41) is 0. The van der Waals surface area contributed by atoms with Crippen LogP contribution in [0.15, 0.2) is 37.0 Å². The summed E-state index contributed by atoms with van der Waals surface area (Å²) in [7, 11) is 0. The highest BCUT2D eigenvalue weighted by Gasteiger charge is 1.97. The highest BCUT2D eigenvalue weighted by Crippen LogP contribution is 2.03. The summed E-state index contributed by atoms with van der Waals surface area (Å²) in [6.07, 6.45) is 14.5. The average Bonchev–Trinajstić information content (AvgIpc) is 2.14. The summed E-state index contributed by atoms with van der Waals surface area (Å²) in [6.45, 7) is 5.64. The fourth-order valence-corrected chi connectivity index (χ4v) is 1.12. The summed E-state index contributed by atoms with van der Waals surface area (Å²) in [5.41, 5.74) is 5.88. The van der Waals surface area contributed by atoms with Gasteiger partial charge < -0.3 is 5.73 Å². The van der Waals surface area contributed by atoms with Crippen molar-refractivity contribution >= 4 is 0 Å². The van der Waals surface area contributed by atoms with E-state index in [-0.39, 0.29) is 0 Å². The predicted octanol–water partition coefficient (Wildman–Crippen LogP) is 3.19. The third-order valence-corrected chi connectivity index (χ3v) is 1.89. The quantitative estimate of drug-likeness (QED) is 0.362. The zero-order valence-electron chi connectivity index (χ0n) is 8.58. The first-order chi connectivity index (χ1) is 6.31. The lowest BCUT2D eigenvalue weighted by atomic mass is 10.1. The molecular weight excluding hydrogens is 158 g/mol. The van der Waals surface area contributed by atoms with Crippen molar-refractivity contribution < 1.29 is 0 Å². The number of nitrogens with two attached hydrogens (primary N) is 1. The molecule has 0 aromatic heterocycles. The van der Waals surface area contributed by atoms with Crippen molar-refractivity contribution in [3.63, 3.8) is 0 Å². The zero-order valence-corrected chi connectivity index (χ0v) is 8.58. The van der Waals surface area contributed by atoms with Crippen LogP contribution in [0.1, 0.15) is 32.6 Å². The van der Waals surface area contributed by atoms with Gasteiger partial charge in [-0.05, 0) is 32.6 Å². The van der Waals surface area contributed by atoms with Gasteiger partial charge in [0.1, 0.15) is 0 Å². The standard InChI is InChI=1S/C12H21N/c1-3-5-7-8-9-11-12(13)10-6-4-2/h3-7,12H,1,8-11,13H2,2H3/b6-4-,7-5+. The van der Waals surface area contributed by atoms with Crippen LogP contribution < -0.4 is 5.73 Å². The Kier molecular flexibility index (Phi) is 8.68. The van der Waals surface area contributed by atoms with E-state index in [1.54, 1.807) is 6.08 Å². The smallest absolute Gasteiger partial charge is 0.00735 e. The molecule has 0 bridgehead atoms. The minimum Gasteiger partial charge on any atom is -0.327 e. The number of allylic oxidation sites excluding steroid dienone is 4. The van der Waals surface area contributed by atoms with Gasteiger partial charge in [-0.3, -0.25) is 0 Å². The second-order valence-electron chi connectivity index (χ2n) is 3.16. The molecule has 1 unspecified atom stereocenters. The van der Waals surface area contributed by atoms with E-state index in [1.807, 2.05) is 13.0 Å². The number of hydrogen-bond acceptors (Lipinski definition) is 1. The normalized spacial score (nSPS) is 14.0. The molecule has 0 aliphatic heterocycles.